The number of nitrogens with one attached hydrogen (secondary N) is 1. The Bertz CT molecular complexity index is 438. The standard InChI is InChI=1S/C15H21Cl2NO/c1-3-18-10-15(6-7-19-11(15)2)9-12-4-5-13(16)8-14(12)17/h4-5,8,11,18H,3,6-7,9-10H2,1-2H3. The lowest BCUT2D eigenvalue weighted by Gasteiger charge is -2.33. The van der Waals surface area contributed by atoms with Crippen molar-refractivity contribution in [3.8, 4) is 0 Å². The molecule has 0 amide bonds. The molecule has 0 aliphatic carbocycles. The lowest BCUT2D eigenvalue weighted by atomic mass is 9.76. The van der Waals surface area contributed by atoms with Gasteiger partial charge in [-0.3, -0.25) is 0 Å². The van der Waals surface area contributed by atoms with Crippen LogP contribution in [-0.4, -0.2) is 25.8 Å². The number of hydrogen-bond acceptors (Lipinski definition) is 2. The van der Waals surface area contributed by atoms with Gasteiger partial charge in [-0.2, -0.15) is 0 Å². The van der Waals surface area contributed by atoms with Crippen molar-refractivity contribution in [1.29, 1.82) is 0 Å². The summed E-state index contributed by atoms with van der Waals surface area (Å²) in [6.45, 7) is 7.06. The van der Waals surface area contributed by atoms with Crippen LogP contribution in [0.15, 0.2) is 18.2 Å². The molecule has 4 heteroatoms. The summed E-state index contributed by atoms with van der Waals surface area (Å²) in [4.78, 5) is 0. The number of ether oxygens (including phenoxy) is 1. The van der Waals surface area contributed by atoms with Gasteiger partial charge in [-0.05, 0) is 44.0 Å². The van der Waals surface area contributed by atoms with Crippen molar-refractivity contribution in [2.24, 2.45) is 5.41 Å². The van der Waals surface area contributed by atoms with Gasteiger partial charge in [-0.25, -0.2) is 0 Å². The molecular formula is C15H21Cl2NO. The normalized spacial score (nSPS) is 26.8. The van der Waals surface area contributed by atoms with Gasteiger partial charge in [-0.15, -0.1) is 0 Å². The third kappa shape index (κ3) is 3.43. The summed E-state index contributed by atoms with van der Waals surface area (Å²) in [6, 6.07) is 5.76. The maximum Gasteiger partial charge on any atom is 0.0619 e. The van der Waals surface area contributed by atoms with Crippen LogP contribution in [0.25, 0.3) is 0 Å². The Morgan fingerprint density at radius 1 is 1.42 bits per heavy atom. The second kappa shape index (κ2) is 6.45. The smallest absolute Gasteiger partial charge is 0.0619 e. The van der Waals surface area contributed by atoms with Crippen molar-refractivity contribution in [3.63, 3.8) is 0 Å². The molecule has 106 valence electrons. The predicted octanol–water partition coefficient (Wildman–Crippen LogP) is 3.94. The Morgan fingerprint density at radius 3 is 2.79 bits per heavy atom. The first-order chi connectivity index (χ1) is 9.07. The molecule has 1 heterocycles. The molecule has 2 nitrogen and oxygen atoms in total. The van der Waals surface area contributed by atoms with E-state index in [4.69, 9.17) is 27.9 Å². The Morgan fingerprint density at radius 2 is 2.21 bits per heavy atom. The quantitative estimate of drug-likeness (QED) is 0.889. The lowest BCUT2D eigenvalue weighted by Crippen LogP contribution is -2.41. The van der Waals surface area contributed by atoms with Crippen LogP contribution in [0.2, 0.25) is 10.0 Å². The van der Waals surface area contributed by atoms with Crippen LogP contribution in [0.3, 0.4) is 0 Å². The van der Waals surface area contributed by atoms with Gasteiger partial charge in [-0.1, -0.05) is 36.2 Å². The molecule has 0 bridgehead atoms. The summed E-state index contributed by atoms with van der Waals surface area (Å²) in [5.74, 6) is 0. The van der Waals surface area contributed by atoms with E-state index in [1.165, 1.54) is 0 Å². The lowest BCUT2D eigenvalue weighted by molar-refractivity contribution is 0.0633. The molecule has 19 heavy (non-hydrogen) atoms. The third-order valence-corrected chi connectivity index (χ3v) is 4.70. The van der Waals surface area contributed by atoms with Crippen LogP contribution in [0.4, 0.5) is 0 Å². The van der Waals surface area contributed by atoms with Gasteiger partial charge in [0.1, 0.15) is 0 Å². The van der Waals surface area contributed by atoms with Crippen LogP contribution in [-0.2, 0) is 11.2 Å². The zero-order chi connectivity index (χ0) is 13.9. The van der Waals surface area contributed by atoms with E-state index in [1.807, 2.05) is 18.2 Å². The molecule has 1 aliphatic heterocycles. The van der Waals surface area contributed by atoms with Crippen molar-refractivity contribution in [1.82, 2.24) is 5.32 Å². The van der Waals surface area contributed by atoms with E-state index in [9.17, 15) is 0 Å². The fourth-order valence-electron chi connectivity index (χ4n) is 2.76. The SMILES string of the molecule is CCNCC1(Cc2ccc(Cl)cc2Cl)CCOC1C. The Balaban J connectivity index is 2.20. The highest BCUT2D eigenvalue weighted by Crippen LogP contribution is 2.39. The molecule has 1 aliphatic rings. The van der Waals surface area contributed by atoms with Crippen molar-refractivity contribution in [2.75, 3.05) is 19.7 Å². The molecule has 0 saturated carbocycles. The van der Waals surface area contributed by atoms with Gasteiger partial charge < -0.3 is 10.1 Å². The molecule has 0 spiro atoms. The first kappa shape index (κ1) is 15.1. The van der Waals surface area contributed by atoms with E-state index < -0.39 is 0 Å². The molecule has 1 N–H and O–H groups in total. The predicted molar refractivity (Wildman–Crippen MR) is 81.2 cm³/mol. The number of rotatable bonds is 5. The largest absolute Gasteiger partial charge is 0.378 e. The van der Waals surface area contributed by atoms with Crippen molar-refractivity contribution in [3.05, 3.63) is 33.8 Å². The van der Waals surface area contributed by atoms with E-state index in [1.54, 1.807) is 0 Å². The summed E-state index contributed by atoms with van der Waals surface area (Å²) < 4.78 is 5.79. The van der Waals surface area contributed by atoms with E-state index in [2.05, 4.69) is 19.2 Å². The number of halogens is 2. The second-order valence-electron chi connectivity index (χ2n) is 5.32. The highest BCUT2D eigenvalue weighted by atomic mass is 35.5. The van der Waals surface area contributed by atoms with E-state index in [0.717, 1.165) is 43.1 Å². The molecule has 2 unspecified atom stereocenters. The summed E-state index contributed by atoms with van der Waals surface area (Å²) in [5, 5.41) is 4.90. The van der Waals surface area contributed by atoms with Gasteiger partial charge in [0, 0.05) is 28.6 Å². The Hall–Kier alpha value is -0.280. The number of benzene rings is 1. The van der Waals surface area contributed by atoms with Crippen LogP contribution >= 0.6 is 23.2 Å². The molecular weight excluding hydrogens is 281 g/mol. The maximum absolute atomic E-state index is 6.31. The van der Waals surface area contributed by atoms with Crippen LogP contribution in [0.1, 0.15) is 25.8 Å². The van der Waals surface area contributed by atoms with Crippen molar-refractivity contribution < 1.29 is 4.74 Å². The van der Waals surface area contributed by atoms with Gasteiger partial charge in [0.25, 0.3) is 0 Å². The fraction of sp³-hybridized carbons (Fsp3) is 0.600. The molecule has 1 saturated heterocycles. The monoisotopic (exact) mass is 301 g/mol. The van der Waals surface area contributed by atoms with Crippen LogP contribution < -0.4 is 5.32 Å². The maximum atomic E-state index is 6.31. The summed E-state index contributed by atoms with van der Waals surface area (Å²) in [5.41, 5.74) is 1.29. The molecule has 0 aromatic heterocycles. The molecule has 2 atom stereocenters. The minimum absolute atomic E-state index is 0.132. The van der Waals surface area contributed by atoms with Gasteiger partial charge in [0.2, 0.25) is 0 Å². The minimum atomic E-state index is 0.132. The minimum Gasteiger partial charge on any atom is -0.378 e. The van der Waals surface area contributed by atoms with Crippen molar-refractivity contribution in [2.45, 2.75) is 32.8 Å². The molecule has 1 aromatic carbocycles. The molecule has 2 rings (SSSR count). The van der Waals surface area contributed by atoms with Gasteiger partial charge >= 0.3 is 0 Å². The zero-order valence-electron chi connectivity index (χ0n) is 11.5. The van der Waals surface area contributed by atoms with Gasteiger partial charge in [0.15, 0.2) is 0 Å². The fourth-order valence-corrected chi connectivity index (χ4v) is 3.24. The Kier molecular flexibility index (Phi) is 5.13. The van der Waals surface area contributed by atoms with Crippen LogP contribution in [0, 0.1) is 5.41 Å². The highest BCUT2D eigenvalue weighted by Gasteiger charge is 2.41. The highest BCUT2D eigenvalue weighted by molar-refractivity contribution is 6.35. The first-order valence-electron chi connectivity index (χ1n) is 6.83. The molecule has 0 radical (unpaired) electrons. The summed E-state index contributed by atoms with van der Waals surface area (Å²) in [7, 11) is 0. The average molecular weight is 302 g/mol. The summed E-state index contributed by atoms with van der Waals surface area (Å²) >= 11 is 12.3. The topological polar surface area (TPSA) is 21.3 Å². The second-order valence-corrected chi connectivity index (χ2v) is 6.16. The van der Waals surface area contributed by atoms with Crippen molar-refractivity contribution >= 4 is 23.2 Å². The summed E-state index contributed by atoms with van der Waals surface area (Å²) in [6.07, 6.45) is 2.25. The average Bonchev–Trinajstić information content (AvgIpc) is 2.72. The first-order valence-corrected chi connectivity index (χ1v) is 7.59. The zero-order valence-corrected chi connectivity index (χ0v) is 13.0. The van der Waals surface area contributed by atoms with E-state index in [-0.39, 0.29) is 11.5 Å². The van der Waals surface area contributed by atoms with Crippen LogP contribution in [0.5, 0.6) is 0 Å². The molecule has 1 aromatic rings. The van der Waals surface area contributed by atoms with Gasteiger partial charge in [0.05, 0.1) is 6.10 Å². The Labute approximate surface area is 125 Å². The van der Waals surface area contributed by atoms with E-state index in [0.29, 0.717) is 5.02 Å². The number of hydrogen-bond donors (Lipinski definition) is 1. The van der Waals surface area contributed by atoms with E-state index >= 15 is 0 Å². The third-order valence-electron chi connectivity index (χ3n) is 4.11. The molecule has 1 fully saturated rings.